The van der Waals surface area contributed by atoms with Gasteiger partial charge in [-0.15, -0.1) is 0 Å². The van der Waals surface area contributed by atoms with Crippen molar-refractivity contribution in [3.05, 3.63) is 0 Å². The lowest BCUT2D eigenvalue weighted by Crippen LogP contribution is -2.55. The summed E-state index contributed by atoms with van der Waals surface area (Å²) in [6, 6.07) is 0. The second kappa shape index (κ2) is 5.17. The molecule has 1 aliphatic rings. The molecule has 0 spiro atoms. The van der Waals surface area contributed by atoms with Crippen LogP contribution in [0, 0.1) is 0 Å². The molecule has 82 valence electrons. The quantitative estimate of drug-likeness (QED) is 0.466. The summed E-state index contributed by atoms with van der Waals surface area (Å²) in [5, 5.41) is 0. The van der Waals surface area contributed by atoms with Crippen LogP contribution >= 0.6 is 0 Å². The van der Waals surface area contributed by atoms with E-state index in [-0.39, 0.29) is 6.61 Å². The summed E-state index contributed by atoms with van der Waals surface area (Å²) in [6.45, 7) is 5.15. The van der Waals surface area contributed by atoms with Crippen LogP contribution in [0.3, 0.4) is 0 Å². The molecule has 1 heterocycles. The minimum atomic E-state index is -1.28. The van der Waals surface area contributed by atoms with E-state index < -0.39 is 12.1 Å². The molecule has 1 saturated heterocycles. The van der Waals surface area contributed by atoms with Crippen molar-refractivity contribution in [2.45, 2.75) is 32.7 Å². The molecular weight excluding hydrogens is 188 g/mol. The normalized spacial score (nSPS) is 18.3. The zero-order valence-electron chi connectivity index (χ0n) is 8.58. The van der Waals surface area contributed by atoms with Crippen LogP contribution in [0.15, 0.2) is 0 Å². The van der Waals surface area contributed by atoms with E-state index in [4.69, 9.17) is 18.9 Å². The summed E-state index contributed by atoms with van der Waals surface area (Å²) in [5.41, 5.74) is 0. The Labute approximate surface area is 83.3 Å². The Morgan fingerprint density at radius 2 is 1.86 bits per heavy atom. The van der Waals surface area contributed by atoms with Gasteiger partial charge in [0.15, 0.2) is 6.61 Å². The molecule has 1 rings (SSSR count). The molecule has 14 heavy (non-hydrogen) atoms. The maximum absolute atomic E-state index is 10.5. The van der Waals surface area contributed by atoms with Crippen LogP contribution in [0.5, 0.6) is 0 Å². The van der Waals surface area contributed by atoms with Gasteiger partial charge in [0, 0.05) is 6.61 Å². The highest BCUT2D eigenvalue weighted by Gasteiger charge is 2.51. The van der Waals surface area contributed by atoms with Gasteiger partial charge in [-0.3, -0.25) is 0 Å². The van der Waals surface area contributed by atoms with Crippen molar-refractivity contribution in [1.82, 2.24) is 0 Å². The highest BCUT2D eigenvalue weighted by molar-refractivity contribution is 5.65. The van der Waals surface area contributed by atoms with Crippen LogP contribution in [0.2, 0.25) is 0 Å². The van der Waals surface area contributed by atoms with E-state index in [2.05, 4.69) is 0 Å². The molecule has 5 nitrogen and oxygen atoms in total. The van der Waals surface area contributed by atoms with Gasteiger partial charge in [0.2, 0.25) is 0 Å². The zero-order valence-corrected chi connectivity index (χ0v) is 8.58. The van der Waals surface area contributed by atoms with Crippen LogP contribution < -0.4 is 0 Å². The molecule has 0 bridgehead atoms. The molecular formula is C9H16O5. The summed E-state index contributed by atoms with van der Waals surface area (Å²) >= 11 is 0. The van der Waals surface area contributed by atoms with Gasteiger partial charge in [-0.2, -0.15) is 0 Å². The van der Waals surface area contributed by atoms with E-state index in [0.717, 1.165) is 12.8 Å². The van der Waals surface area contributed by atoms with Gasteiger partial charge >= 0.3 is 12.1 Å². The maximum atomic E-state index is 10.5. The van der Waals surface area contributed by atoms with Crippen LogP contribution in [0.25, 0.3) is 0 Å². The van der Waals surface area contributed by atoms with Crippen LogP contribution in [-0.4, -0.2) is 31.9 Å². The first kappa shape index (κ1) is 11.3. The molecule has 1 aliphatic heterocycles. The van der Waals surface area contributed by atoms with Gasteiger partial charge in [-0.05, 0) is 12.8 Å². The minimum Gasteiger partial charge on any atom is -0.370 e. The molecule has 0 atom stereocenters. The molecule has 5 heteroatoms. The van der Waals surface area contributed by atoms with Gasteiger partial charge < -0.3 is 18.9 Å². The fourth-order valence-electron chi connectivity index (χ4n) is 1.02. The van der Waals surface area contributed by atoms with Crippen molar-refractivity contribution in [3.8, 4) is 0 Å². The van der Waals surface area contributed by atoms with E-state index in [1.807, 2.05) is 13.8 Å². The molecule has 1 fully saturated rings. The number of cyclic esters (lactones) is 2. The summed E-state index contributed by atoms with van der Waals surface area (Å²) in [6.07, 6.45) is 1.02. The highest BCUT2D eigenvalue weighted by Crippen LogP contribution is 2.27. The fourth-order valence-corrected chi connectivity index (χ4v) is 1.02. The average Bonchev–Trinajstić information content (AvgIpc) is 2.12. The minimum absolute atomic E-state index is 0.132. The average molecular weight is 204 g/mol. The van der Waals surface area contributed by atoms with Crippen molar-refractivity contribution in [2.24, 2.45) is 0 Å². The highest BCUT2D eigenvalue weighted by atomic mass is 17.0. The summed E-state index contributed by atoms with van der Waals surface area (Å²) < 4.78 is 20.0. The predicted molar refractivity (Wildman–Crippen MR) is 47.7 cm³/mol. The van der Waals surface area contributed by atoms with Gasteiger partial charge in [-0.25, -0.2) is 4.79 Å². The SMILES string of the molecule is CCCOCC1(OCCC)OC(=O)O1. The topological polar surface area (TPSA) is 54.0 Å². The predicted octanol–water partition coefficient (Wildman–Crippen LogP) is 1.66. The Bertz CT molecular complexity index is 184. The molecule has 0 aromatic heterocycles. The Hall–Kier alpha value is -0.810. The first-order valence-corrected chi connectivity index (χ1v) is 4.86. The fraction of sp³-hybridized carbons (Fsp3) is 0.889. The van der Waals surface area contributed by atoms with E-state index in [1.165, 1.54) is 0 Å². The molecule has 0 aromatic rings. The van der Waals surface area contributed by atoms with E-state index in [0.29, 0.717) is 13.2 Å². The molecule has 0 aliphatic carbocycles. The lowest BCUT2D eigenvalue weighted by Gasteiger charge is -2.37. The Morgan fingerprint density at radius 3 is 2.36 bits per heavy atom. The van der Waals surface area contributed by atoms with Gasteiger partial charge in [0.25, 0.3) is 0 Å². The second-order valence-corrected chi connectivity index (χ2v) is 3.04. The standard InChI is InChI=1S/C9H16O5/c1-3-5-11-7-9(12-6-4-2)13-8(10)14-9/h3-7H2,1-2H3. The lowest BCUT2D eigenvalue weighted by molar-refractivity contribution is -0.416. The molecule has 0 aromatic carbocycles. The summed E-state index contributed by atoms with van der Waals surface area (Å²) in [7, 11) is 0. The third kappa shape index (κ3) is 2.85. The summed E-state index contributed by atoms with van der Waals surface area (Å²) in [5.74, 6) is -1.28. The monoisotopic (exact) mass is 204 g/mol. The number of hydrogen-bond donors (Lipinski definition) is 0. The van der Waals surface area contributed by atoms with Gasteiger partial charge in [0.05, 0.1) is 6.61 Å². The first-order chi connectivity index (χ1) is 6.72. The van der Waals surface area contributed by atoms with Gasteiger partial charge in [-0.1, -0.05) is 13.8 Å². The molecule has 0 amide bonds. The first-order valence-electron chi connectivity index (χ1n) is 4.86. The van der Waals surface area contributed by atoms with Crippen molar-refractivity contribution in [3.63, 3.8) is 0 Å². The third-order valence-electron chi connectivity index (χ3n) is 1.63. The van der Waals surface area contributed by atoms with Crippen molar-refractivity contribution in [1.29, 1.82) is 0 Å². The second-order valence-electron chi connectivity index (χ2n) is 3.04. The van der Waals surface area contributed by atoms with Crippen LogP contribution in [0.4, 0.5) is 4.79 Å². The number of hydrogen-bond acceptors (Lipinski definition) is 5. The smallest absolute Gasteiger partial charge is 0.370 e. The molecule has 0 N–H and O–H groups in total. The number of carbonyl (C=O) groups is 1. The Balaban J connectivity index is 2.27. The maximum Gasteiger partial charge on any atom is 0.518 e. The van der Waals surface area contributed by atoms with Crippen molar-refractivity contribution >= 4 is 6.16 Å². The number of rotatable bonds is 7. The van der Waals surface area contributed by atoms with E-state index in [9.17, 15) is 4.79 Å². The molecule has 0 radical (unpaired) electrons. The largest absolute Gasteiger partial charge is 0.518 e. The van der Waals surface area contributed by atoms with Gasteiger partial charge in [0.1, 0.15) is 0 Å². The molecule has 0 unspecified atom stereocenters. The van der Waals surface area contributed by atoms with Crippen LogP contribution in [0.1, 0.15) is 26.7 Å². The summed E-state index contributed by atoms with van der Waals surface area (Å²) in [4.78, 5) is 10.5. The molecule has 0 saturated carbocycles. The third-order valence-corrected chi connectivity index (χ3v) is 1.63. The number of carbonyl (C=O) groups excluding carboxylic acids is 1. The van der Waals surface area contributed by atoms with E-state index in [1.54, 1.807) is 0 Å². The zero-order chi connectivity index (χ0) is 10.4. The lowest BCUT2D eigenvalue weighted by atomic mass is 10.5. The Morgan fingerprint density at radius 1 is 1.21 bits per heavy atom. The van der Waals surface area contributed by atoms with E-state index >= 15 is 0 Å². The Kier molecular flexibility index (Phi) is 4.16. The van der Waals surface area contributed by atoms with Crippen LogP contribution in [-0.2, 0) is 18.9 Å². The number of ether oxygens (including phenoxy) is 4. The van der Waals surface area contributed by atoms with Crippen molar-refractivity contribution in [2.75, 3.05) is 19.8 Å². The van der Waals surface area contributed by atoms with Crippen molar-refractivity contribution < 1.29 is 23.7 Å².